The molecule has 0 fully saturated rings. The van der Waals surface area contributed by atoms with Crippen LogP contribution in [0.4, 0.5) is 11.6 Å². The molecule has 110 valence electrons. The van der Waals surface area contributed by atoms with Gasteiger partial charge in [0.15, 0.2) is 0 Å². The highest BCUT2D eigenvalue weighted by molar-refractivity contribution is 5.92. The highest BCUT2D eigenvalue weighted by atomic mass is 16.6. The number of benzene rings is 1. The number of nitrogens with zero attached hydrogens (tertiary/aromatic N) is 2. The Bertz CT molecular complexity index is 708. The molecule has 2 aromatic rings. The van der Waals surface area contributed by atoms with Crippen LogP contribution in [-0.4, -0.2) is 22.5 Å². The van der Waals surface area contributed by atoms with E-state index in [0.717, 1.165) is 0 Å². The summed E-state index contributed by atoms with van der Waals surface area (Å²) >= 11 is 0. The Balaban J connectivity index is 2.44. The van der Waals surface area contributed by atoms with Gasteiger partial charge in [-0.25, -0.2) is 4.79 Å². The van der Waals surface area contributed by atoms with Gasteiger partial charge in [0, 0.05) is 17.2 Å². The molecule has 8 nitrogen and oxygen atoms in total. The third-order valence-electron chi connectivity index (χ3n) is 2.77. The molecule has 2 N–H and O–H groups in total. The third-order valence-corrected chi connectivity index (χ3v) is 2.77. The van der Waals surface area contributed by atoms with E-state index < -0.39 is 10.9 Å². The summed E-state index contributed by atoms with van der Waals surface area (Å²) in [6.07, 6.45) is 0. The van der Waals surface area contributed by atoms with Crippen LogP contribution in [0, 0.1) is 17.0 Å². The van der Waals surface area contributed by atoms with Crippen LogP contribution in [0.25, 0.3) is 11.5 Å². The van der Waals surface area contributed by atoms with Crippen LogP contribution in [0.2, 0.25) is 0 Å². The molecule has 21 heavy (non-hydrogen) atoms. The van der Waals surface area contributed by atoms with Crippen molar-refractivity contribution >= 4 is 17.5 Å². The van der Waals surface area contributed by atoms with Crippen LogP contribution in [0.15, 0.2) is 22.6 Å². The zero-order valence-electron chi connectivity index (χ0n) is 11.5. The molecule has 1 aromatic carbocycles. The van der Waals surface area contributed by atoms with E-state index in [9.17, 15) is 14.9 Å². The highest BCUT2D eigenvalue weighted by Crippen LogP contribution is 2.28. The van der Waals surface area contributed by atoms with Crippen molar-refractivity contribution in [1.82, 2.24) is 4.98 Å². The minimum atomic E-state index is -0.702. The predicted molar refractivity (Wildman–Crippen MR) is 73.7 cm³/mol. The number of carbonyl (C=O) groups is 1. The lowest BCUT2D eigenvalue weighted by molar-refractivity contribution is -0.385. The lowest BCUT2D eigenvalue weighted by atomic mass is 10.1. The molecule has 0 amide bonds. The third kappa shape index (κ3) is 2.83. The van der Waals surface area contributed by atoms with Crippen molar-refractivity contribution in [3.05, 3.63) is 39.6 Å². The van der Waals surface area contributed by atoms with Gasteiger partial charge in [0.05, 0.1) is 11.5 Å². The average Bonchev–Trinajstić information content (AvgIpc) is 2.81. The Morgan fingerprint density at radius 2 is 2.24 bits per heavy atom. The molecule has 0 bridgehead atoms. The zero-order chi connectivity index (χ0) is 15.6. The standard InChI is InChI=1S/C13H13N3O5/c1-3-20-13(17)10-11(14)21-12(15-10)8-5-4-7(2)9(6-8)16(18)19/h4-6H,3,14H2,1-2H3. The van der Waals surface area contributed by atoms with Crippen LogP contribution >= 0.6 is 0 Å². The maximum atomic E-state index is 11.6. The topological polar surface area (TPSA) is 121 Å². The second-order valence-electron chi connectivity index (χ2n) is 4.21. The van der Waals surface area contributed by atoms with Crippen molar-refractivity contribution in [2.24, 2.45) is 0 Å². The molecule has 1 heterocycles. The largest absolute Gasteiger partial charge is 0.461 e. The quantitative estimate of drug-likeness (QED) is 0.521. The number of rotatable bonds is 4. The van der Waals surface area contributed by atoms with Gasteiger partial charge in [-0.1, -0.05) is 6.07 Å². The van der Waals surface area contributed by atoms with Gasteiger partial charge in [0.25, 0.3) is 5.69 Å². The van der Waals surface area contributed by atoms with Crippen LogP contribution in [0.5, 0.6) is 0 Å². The maximum Gasteiger partial charge on any atom is 0.362 e. The SMILES string of the molecule is CCOC(=O)c1nc(-c2ccc(C)c([N+](=O)[O-])c2)oc1N. The first-order valence-electron chi connectivity index (χ1n) is 6.12. The molecule has 0 aliphatic rings. The van der Waals surface area contributed by atoms with E-state index in [1.807, 2.05) is 0 Å². The lowest BCUT2D eigenvalue weighted by Gasteiger charge is -1.99. The number of nitrogens with two attached hydrogens (primary N) is 1. The predicted octanol–water partition coefficient (Wildman–Crippen LogP) is 2.32. The summed E-state index contributed by atoms with van der Waals surface area (Å²) in [5, 5.41) is 10.9. The van der Waals surface area contributed by atoms with Gasteiger partial charge in [-0.15, -0.1) is 0 Å². The number of nitro groups is 1. The average molecular weight is 291 g/mol. The van der Waals surface area contributed by atoms with Crippen molar-refractivity contribution in [1.29, 1.82) is 0 Å². The number of nitro benzene ring substituents is 1. The molecule has 8 heteroatoms. The Kier molecular flexibility index (Phi) is 3.88. The van der Waals surface area contributed by atoms with Gasteiger partial charge in [-0.2, -0.15) is 4.98 Å². The van der Waals surface area contributed by atoms with Gasteiger partial charge in [-0.05, 0) is 19.9 Å². The number of nitrogen functional groups attached to an aromatic ring is 1. The van der Waals surface area contributed by atoms with E-state index in [2.05, 4.69) is 4.98 Å². The molecule has 0 aliphatic carbocycles. The minimum Gasteiger partial charge on any atom is -0.461 e. The van der Waals surface area contributed by atoms with Crippen molar-refractivity contribution in [2.45, 2.75) is 13.8 Å². The summed E-state index contributed by atoms with van der Waals surface area (Å²) in [6.45, 7) is 3.45. The smallest absolute Gasteiger partial charge is 0.362 e. The van der Waals surface area contributed by atoms with Crippen LogP contribution in [0.3, 0.4) is 0 Å². The van der Waals surface area contributed by atoms with Crippen LogP contribution < -0.4 is 5.73 Å². The minimum absolute atomic E-state index is 0.0265. The monoisotopic (exact) mass is 291 g/mol. The van der Waals surface area contributed by atoms with Gasteiger partial charge >= 0.3 is 5.97 Å². The molecular weight excluding hydrogens is 278 g/mol. The molecule has 0 aliphatic heterocycles. The fraction of sp³-hybridized carbons (Fsp3) is 0.231. The number of ether oxygens (including phenoxy) is 1. The maximum absolute atomic E-state index is 11.6. The molecule has 0 spiro atoms. The van der Waals surface area contributed by atoms with E-state index in [4.69, 9.17) is 14.9 Å². The van der Waals surface area contributed by atoms with Crippen molar-refractivity contribution < 1.29 is 18.9 Å². The number of esters is 1. The van der Waals surface area contributed by atoms with Crippen LogP contribution in [0.1, 0.15) is 23.0 Å². The highest BCUT2D eigenvalue weighted by Gasteiger charge is 2.21. The summed E-state index contributed by atoms with van der Waals surface area (Å²) in [4.78, 5) is 26.0. The van der Waals surface area contributed by atoms with Crippen molar-refractivity contribution in [3.63, 3.8) is 0 Å². The first-order valence-corrected chi connectivity index (χ1v) is 6.12. The summed E-state index contributed by atoms with van der Waals surface area (Å²) in [5.74, 6) is -0.864. The Morgan fingerprint density at radius 3 is 2.86 bits per heavy atom. The number of aryl methyl sites for hydroxylation is 1. The number of oxazole rings is 1. The zero-order valence-corrected chi connectivity index (χ0v) is 11.5. The number of anilines is 1. The van der Waals surface area contributed by atoms with E-state index in [0.29, 0.717) is 11.1 Å². The molecule has 0 atom stereocenters. The first-order chi connectivity index (χ1) is 9.93. The lowest BCUT2D eigenvalue weighted by Crippen LogP contribution is -2.07. The summed E-state index contributed by atoms with van der Waals surface area (Å²) in [5.41, 5.74) is 6.23. The Morgan fingerprint density at radius 1 is 1.52 bits per heavy atom. The number of carbonyl (C=O) groups excluding carboxylic acids is 1. The van der Waals surface area contributed by atoms with E-state index in [1.165, 1.54) is 6.07 Å². The summed E-state index contributed by atoms with van der Waals surface area (Å²) < 4.78 is 9.98. The Labute approximate surface area is 119 Å². The van der Waals surface area contributed by atoms with Crippen molar-refractivity contribution in [3.8, 4) is 11.5 Å². The molecule has 1 aromatic heterocycles. The van der Waals surface area contributed by atoms with Gasteiger partial charge in [-0.3, -0.25) is 10.1 Å². The molecule has 2 rings (SSSR count). The normalized spacial score (nSPS) is 10.4. The second-order valence-corrected chi connectivity index (χ2v) is 4.21. The fourth-order valence-electron chi connectivity index (χ4n) is 1.74. The van der Waals surface area contributed by atoms with Crippen LogP contribution in [-0.2, 0) is 4.74 Å². The fourth-order valence-corrected chi connectivity index (χ4v) is 1.74. The molecule has 0 radical (unpaired) electrons. The molecule has 0 saturated heterocycles. The van der Waals surface area contributed by atoms with E-state index >= 15 is 0 Å². The number of hydrogen-bond acceptors (Lipinski definition) is 7. The van der Waals surface area contributed by atoms with Gasteiger partial charge in [0.1, 0.15) is 0 Å². The van der Waals surface area contributed by atoms with Crippen molar-refractivity contribution in [2.75, 3.05) is 12.3 Å². The van der Waals surface area contributed by atoms with E-state index in [-0.39, 0.29) is 29.8 Å². The number of hydrogen-bond donors (Lipinski definition) is 1. The molecular formula is C13H13N3O5. The molecule has 0 saturated carbocycles. The molecule has 0 unspecified atom stereocenters. The first kappa shape index (κ1) is 14.5. The van der Waals surface area contributed by atoms with Gasteiger partial charge in [0.2, 0.25) is 17.5 Å². The summed E-state index contributed by atoms with van der Waals surface area (Å²) in [7, 11) is 0. The summed E-state index contributed by atoms with van der Waals surface area (Å²) in [6, 6.07) is 4.48. The second kappa shape index (κ2) is 5.61. The van der Waals surface area contributed by atoms with E-state index in [1.54, 1.807) is 26.0 Å². The number of aromatic nitrogens is 1. The van der Waals surface area contributed by atoms with Gasteiger partial charge < -0.3 is 14.9 Å². The Hall–Kier alpha value is -2.90.